The Balaban J connectivity index is 2.06. The summed E-state index contributed by atoms with van der Waals surface area (Å²) in [6, 6.07) is 13.0. The van der Waals surface area contributed by atoms with Crippen LogP contribution in [0.15, 0.2) is 53.4 Å². The van der Waals surface area contributed by atoms with E-state index in [2.05, 4.69) is 5.32 Å². The van der Waals surface area contributed by atoms with Gasteiger partial charge in [-0.25, -0.2) is 4.39 Å². The summed E-state index contributed by atoms with van der Waals surface area (Å²) in [5.74, 6) is -0.281. The first-order valence-corrected chi connectivity index (χ1v) is 10.5. The fourth-order valence-electron chi connectivity index (χ4n) is 2.65. The SMILES string of the molecule is CCNC(=O)C(C)N(Cc1ccccc1F)C(=O)CCSc1ccc(Cl)cc1. The van der Waals surface area contributed by atoms with Crippen LogP contribution in [0.3, 0.4) is 0 Å². The summed E-state index contributed by atoms with van der Waals surface area (Å²) in [6.07, 6.45) is 0.242. The van der Waals surface area contributed by atoms with Crippen LogP contribution >= 0.6 is 23.4 Å². The number of hydrogen-bond acceptors (Lipinski definition) is 3. The summed E-state index contributed by atoms with van der Waals surface area (Å²) in [6.45, 7) is 4.00. The quantitative estimate of drug-likeness (QED) is 0.604. The molecule has 1 N–H and O–H groups in total. The van der Waals surface area contributed by atoms with Crippen LogP contribution in [0, 0.1) is 5.82 Å². The number of nitrogens with zero attached hydrogens (tertiary/aromatic N) is 1. The van der Waals surface area contributed by atoms with Gasteiger partial charge in [-0.3, -0.25) is 9.59 Å². The van der Waals surface area contributed by atoms with Crippen LogP contribution in [0.4, 0.5) is 4.39 Å². The van der Waals surface area contributed by atoms with Crippen molar-refractivity contribution in [2.45, 2.75) is 37.8 Å². The van der Waals surface area contributed by atoms with E-state index in [1.165, 1.54) is 22.7 Å². The number of carbonyl (C=O) groups excluding carboxylic acids is 2. The maximum absolute atomic E-state index is 14.1. The minimum Gasteiger partial charge on any atom is -0.355 e. The van der Waals surface area contributed by atoms with Gasteiger partial charge in [0.2, 0.25) is 11.8 Å². The molecule has 0 fully saturated rings. The molecule has 7 heteroatoms. The number of nitrogens with one attached hydrogen (secondary N) is 1. The molecule has 2 amide bonds. The molecule has 0 heterocycles. The number of benzene rings is 2. The Morgan fingerprint density at radius 2 is 1.86 bits per heavy atom. The highest BCUT2D eigenvalue weighted by Crippen LogP contribution is 2.22. The van der Waals surface area contributed by atoms with Gasteiger partial charge in [0.15, 0.2) is 0 Å². The summed E-state index contributed by atoms with van der Waals surface area (Å²) < 4.78 is 14.1. The summed E-state index contributed by atoms with van der Waals surface area (Å²) in [7, 11) is 0. The number of amides is 2. The van der Waals surface area contributed by atoms with Crippen molar-refractivity contribution in [1.29, 1.82) is 0 Å². The van der Waals surface area contributed by atoms with E-state index >= 15 is 0 Å². The number of halogens is 2. The zero-order valence-corrected chi connectivity index (χ0v) is 17.5. The van der Waals surface area contributed by atoms with Gasteiger partial charge in [0.05, 0.1) is 0 Å². The van der Waals surface area contributed by atoms with Crippen molar-refractivity contribution in [3.8, 4) is 0 Å². The highest BCUT2D eigenvalue weighted by Gasteiger charge is 2.26. The van der Waals surface area contributed by atoms with Crippen LogP contribution in [-0.4, -0.2) is 35.1 Å². The third-order valence-electron chi connectivity index (χ3n) is 4.22. The van der Waals surface area contributed by atoms with Crippen molar-refractivity contribution in [2.24, 2.45) is 0 Å². The molecule has 0 saturated heterocycles. The lowest BCUT2D eigenvalue weighted by Gasteiger charge is -2.29. The lowest BCUT2D eigenvalue weighted by Crippen LogP contribution is -2.47. The molecule has 0 aromatic heterocycles. The number of rotatable bonds is 9. The fourth-order valence-corrected chi connectivity index (χ4v) is 3.61. The van der Waals surface area contributed by atoms with Crippen molar-refractivity contribution in [1.82, 2.24) is 10.2 Å². The van der Waals surface area contributed by atoms with E-state index in [1.807, 2.05) is 19.1 Å². The van der Waals surface area contributed by atoms with E-state index in [-0.39, 0.29) is 30.6 Å². The van der Waals surface area contributed by atoms with E-state index in [1.54, 1.807) is 37.3 Å². The maximum Gasteiger partial charge on any atom is 0.242 e. The molecular formula is C21H24ClFN2O2S. The summed E-state index contributed by atoms with van der Waals surface area (Å²) in [5, 5.41) is 3.38. The standard InChI is InChI=1S/C21H24ClFN2O2S/c1-3-24-21(27)15(2)25(14-16-6-4-5-7-19(16)23)20(26)12-13-28-18-10-8-17(22)9-11-18/h4-11,15H,3,12-14H2,1-2H3,(H,24,27). The Morgan fingerprint density at radius 3 is 2.50 bits per heavy atom. The number of hydrogen-bond donors (Lipinski definition) is 1. The molecule has 0 aliphatic carbocycles. The first kappa shape index (κ1) is 22.2. The molecule has 28 heavy (non-hydrogen) atoms. The second-order valence-corrected chi connectivity index (χ2v) is 7.84. The topological polar surface area (TPSA) is 49.4 Å². The summed E-state index contributed by atoms with van der Waals surface area (Å²) >= 11 is 7.41. The molecule has 2 rings (SSSR count). The molecule has 0 spiro atoms. The van der Waals surface area contributed by atoms with Gasteiger partial charge in [-0.05, 0) is 44.2 Å². The molecule has 0 aliphatic rings. The van der Waals surface area contributed by atoms with Crippen molar-refractivity contribution in [3.05, 3.63) is 64.9 Å². The Labute approximate surface area is 174 Å². The van der Waals surface area contributed by atoms with Gasteiger partial charge < -0.3 is 10.2 Å². The number of likely N-dealkylation sites (N-methyl/N-ethyl adjacent to an activating group) is 1. The first-order valence-electron chi connectivity index (χ1n) is 9.11. The average molecular weight is 423 g/mol. The molecule has 0 saturated carbocycles. The first-order chi connectivity index (χ1) is 13.4. The molecule has 2 aromatic carbocycles. The smallest absolute Gasteiger partial charge is 0.242 e. The molecule has 0 bridgehead atoms. The minimum atomic E-state index is -0.687. The largest absolute Gasteiger partial charge is 0.355 e. The highest BCUT2D eigenvalue weighted by molar-refractivity contribution is 7.99. The van der Waals surface area contributed by atoms with Crippen LogP contribution in [0.25, 0.3) is 0 Å². The highest BCUT2D eigenvalue weighted by atomic mass is 35.5. The zero-order valence-electron chi connectivity index (χ0n) is 16.0. The van der Waals surface area contributed by atoms with Gasteiger partial charge in [-0.1, -0.05) is 29.8 Å². The Hall–Kier alpha value is -2.05. The van der Waals surface area contributed by atoms with Crippen molar-refractivity contribution >= 4 is 35.2 Å². The van der Waals surface area contributed by atoms with E-state index in [4.69, 9.17) is 11.6 Å². The van der Waals surface area contributed by atoms with Gasteiger partial charge >= 0.3 is 0 Å². The number of carbonyl (C=O) groups is 2. The molecule has 4 nitrogen and oxygen atoms in total. The third-order valence-corrected chi connectivity index (χ3v) is 5.48. The molecule has 1 atom stereocenters. The van der Waals surface area contributed by atoms with Gasteiger partial charge in [-0.2, -0.15) is 0 Å². The second kappa shape index (κ2) is 11.1. The third kappa shape index (κ3) is 6.53. The molecule has 1 unspecified atom stereocenters. The predicted octanol–water partition coefficient (Wildman–Crippen LogP) is 4.51. The van der Waals surface area contributed by atoms with Crippen LogP contribution < -0.4 is 5.32 Å². The summed E-state index contributed by atoms with van der Waals surface area (Å²) in [5.41, 5.74) is 0.386. The average Bonchev–Trinajstić information content (AvgIpc) is 2.68. The fraction of sp³-hybridized carbons (Fsp3) is 0.333. The Kier molecular flexibility index (Phi) is 8.80. The van der Waals surface area contributed by atoms with Crippen LogP contribution in [0.5, 0.6) is 0 Å². The van der Waals surface area contributed by atoms with Crippen LogP contribution in [0.2, 0.25) is 5.02 Å². The Bertz CT molecular complexity index is 801. The van der Waals surface area contributed by atoms with Crippen molar-refractivity contribution in [3.63, 3.8) is 0 Å². The Morgan fingerprint density at radius 1 is 1.18 bits per heavy atom. The molecule has 0 aliphatic heterocycles. The monoisotopic (exact) mass is 422 g/mol. The molecule has 150 valence electrons. The lowest BCUT2D eigenvalue weighted by atomic mass is 10.1. The normalized spacial score (nSPS) is 11.7. The van der Waals surface area contributed by atoms with E-state index in [0.717, 1.165) is 4.90 Å². The van der Waals surface area contributed by atoms with Crippen LogP contribution in [0.1, 0.15) is 25.8 Å². The zero-order chi connectivity index (χ0) is 20.5. The van der Waals surface area contributed by atoms with Crippen molar-refractivity contribution in [2.75, 3.05) is 12.3 Å². The minimum absolute atomic E-state index is 0.0510. The van der Waals surface area contributed by atoms with Gasteiger partial charge in [0, 0.05) is 40.7 Å². The molecular weight excluding hydrogens is 399 g/mol. The maximum atomic E-state index is 14.1. The van der Waals surface area contributed by atoms with Gasteiger partial charge in [-0.15, -0.1) is 11.8 Å². The van der Waals surface area contributed by atoms with E-state index < -0.39 is 6.04 Å². The number of thioether (sulfide) groups is 1. The summed E-state index contributed by atoms with van der Waals surface area (Å²) in [4.78, 5) is 27.6. The lowest BCUT2D eigenvalue weighted by molar-refractivity contribution is -0.140. The van der Waals surface area contributed by atoms with E-state index in [0.29, 0.717) is 22.9 Å². The predicted molar refractivity (Wildman–Crippen MR) is 112 cm³/mol. The molecule has 0 radical (unpaired) electrons. The second-order valence-electron chi connectivity index (χ2n) is 6.24. The van der Waals surface area contributed by atoms with Crippen molar-refractivity contribution < 1.29 is 14.0 Å². The molecule has 2 aromatic rings. The van der Waals surface area contributed by atoms with Gasteiger partial charge in [0.1, 0.15) is 11.9 Å². The van der Waals surface area contributed by atoms with Crippen LogP contribution in [-0.2, 0) is 16.1 Å². The van der Waals surface area contributed by atoms with Gasteiger partial charge in [0.25, 0.3) is 0 Å². The van der Waals surface area contributed by atoms with E-state index in [9.17, 15) is 14.0 Å².